The summed E-state index contributed by atoms with van der Waals surface area (Å²) in [5.41, 5.74) is 2.21. The number of hydrogen-bond acceptors (Lipinski definition) is 2. The van der Waals surface area contributed by atoms with Crippen LogP contribution in [0.25, 0.3) is 0 Å². The van der Waals surface area contributed by atoms with E-state index in [0.717, 1.165) is 11.5 Å². The number of ether oxygens (including phenoxy) is 1. The minimum absolute atomic E-state index is 0.528. The van der Waals surface area contributed by atoms with E-state index < -0.39 is 0 Å². The van der Waals surface area contributed by atoms with Crippen LogP contribution in [0.3, 0.4) is 0 Å². The van der Waals surface area contributed by atoms with E-state index in [-0.39, 0.29) is 0 Å². The van der Waals surface area contributed by atoms with Gasteiger partial charge in [-0.3, -0.25) is 0 Å². The molecule has 4 heteroatoms. The van der Waals surface area contributed by atoms with Gasteiger partial charge in [0, 0.05) is 0 Å². The topological polar surface area (TPSA) is 30.4 Å². The summed E-state index contributed by atoms with van der Waals surface area (Å²) in [6, 6.07) is 8.28. The first kappa shape index (κ1) is 18.0. The molecule has 1 heterocycles. The van der Waals surface area contributed by atoms with Crippen molar-refractivity contribution in [3.8, 4) is 0 Å². The summed E-state index contributed by atoms with van der Waals surface area (Å²) < 4.78 is 9.43. The molecule has 0 aliphatic heterocycles. The van der Waals surface area contributed by atoms with Gasteiger partial charge in [0.1, 0.15) is 12.4 Å². The smallest absolute Gasteiger partial charge is 0.344 e. The molecule has 0 aliphatic rings. The molecule has 0 saturated heterocycles. The van der Waals surface area contributed by atoms with Gasteiger partial charge < -0.3 is 4.74 Å². The number of rotatable bonds is 3. The van der Waals surface area contributed by atoms with E-state index in [4.69, 9.17) is 4.74 Å². The molecule has 1 aromatic heterocycles. The van der Waals surface area contributed by atoms with Crippen molar-refractivity contribution < 1.29 is 9.30 Å². The molecule has 0 saturated carbocycles. The van der Waals surface area contributed by atoms with Crippen LogP contribution >= 0.6 is 0 Å². The fourth-order valence-electron chi connectivity index (χ4n) is 2.13. The maximum absolute atomic E-state index is 5.45. The Bertz CT molecular complexity index is 590. The Kier molecular flexibility index (Phi) is 6.83. The van der Waals surface area contributed by atoms with E-state index in [2.05, 4.69) is 31.0 Å². The summed E-state index contributed by atoms with van der Waals surface area (Å²) in [5.74, 6) is 2.07. The predicted molar refractivity (Wildman–Crippen MR) is 91.7 cm³/mol. The molecule has 0 amide bonds. The Morgan fingerprint density at radius 2 is 1.77 bits per heavy atom. The molecule has 22 heavy (non-hydrogen) atoms. The van der Waals surface area contributed by atoms with Gasteiger partial charge >= 0.3 is 11.7 Å². The van der Waals surface area contributed by atoms with Crippen LogP contribution in [0.2, 0.25) is 0 Å². The second kappa shape index (κ2) is 8.37. The Balaban J connectivity index is 0.00000116. The van der Waals surface area contributed by atoms with Crippen LogP contribution in [-0.2, 0) is 18.8 Å². The summed E-state index contributed by atoms with van der Waals surface area (Å²) >= 11 is 0. The number of hydrogen-bond donors (Lipinski definition) is 0. The molecule has 1 aromatic carbocycles. The highest BCUT2D eigenvalue weighted by Crippen LogP contribution is 2.19. The van der Waals surface area contributed by atoms with Gasteiger partial charge in [0.05, 0.1) is 26.9 Å². The minimum atomic E-state index is 0.528. The van der Waals surface area contributed by atoms with Crippen LogP contribution in [0.5, 0.6) is 0 Å². The van der Waals surface area contributed by atoms with E-state index in [1.165, 1.54) is 5.56 Å². The highest BCUT2D eigenvalue weighted by molar-refractivity contribution is 5.91. The average Bonchev–Trinajstić information content (AvgIpc) is 2.86. The summed E-state index contributed by atoms with van der Waals surface area (Å²) in [4.78, 5) is 4.59. The molecular formula is C18H28N3O+. The van der Waals surface area contributed by atoms with Crippen LogP contribution < -0.4 is 4.57 Å². The van der Waals surface area contributed by atoms with Crippen LogP contribution in [-0.4, -0.2) is 17.6 Å². The third-order valence-electron chi connectivity index (χ3n) is 3.36. The van der Waals surface area contributed by atoms with Gasteiger partial charge in [0.25, 0.3) is 0 Å². The van der Waals surface area contributed by atoms with Gasteiger partial charge in [-0.1, -0.05) is 39.8 Å². The van der Waals surface area contributed by atoms with Crippen LogP contribution in [0.15, 0.2) is 41.7 Å². The monoisotopic (exact) mass is 302 g/mol. The third kappa shape index (κ3) is 4.20. The summed E-state index contributed by atoms with van der Waals surface area (Å²) in [7, 11) is 5.60. The molecule has 2 aromatic rings. The highest BCUT2D eigenvalue weighted by atomic mass is 16.5. The molecule has 0 radical (unpaired) electrons. The normalized spacial score (nSPS) is 11.2. The molecule has 2 rings (SSSR count). The lowest BCUT2D eigenvalue weighted by Crippen LogP contribution is -2.35. The number of imidazole rings is 1. The van der Waals surface area contributed by atoms with Crippen molar-refractivity contribution in [2.45, 2.75) is 33.6 Å². The molecule has 4 nitrogen and oxygen atoms in total. The van der Waals surface area contributed by atoms with Crippen LogP contribution in [0.1, 0.15) is 45.0 Å². The zero-order valence-corrected chi connectivity index (χ0v) is 14.8. The van der Waals surface area contributed by atoms with E-state index in [1.807, 2.05) is 61.6 Å². The molecule has 0 fully saturated rings. The Labute approximate surface area is 134 Å². The second-order valence-corrected chi connectivity index (χ2v) is 5.21. The summed E-state index contributed by atoms with van der Waals surface area (Å²) in [5, 5.41) is 0. The van der Waals surface area contributed by atoms with Crippen molar-refractivity contribution in [2.75, 3.05) is 7.11 Å². The van der Waals surface area contributed by atoms with Crippen molar-refractivity contribution in [3.63, 3.8) is 0 Å². The van der Waals surface area contributed by atoms with Gasteiger partial charge in [-0.05, 0) is 23.6 Å². The fourth-order valence-corrected chi connectivity index (χ4v) is 2.13. The highest BCUT2D eigenvalue weighted by Gasteiger charge is 2.20. The molecule has 0 bridgehead atoms. The minimum Gasteiger partial charge on any atom is -0.475 e. The Morgan fingerprint density at radius 3 is 2.18 bits per heavy atom. The van der Waals surface area contributed by atoms with E-state index in [9.17, 15) is 0 Å². The number of aromatic nitrogens is 2. The molecule has 0 aliphatic carbocycles. The van der Waals surface area contributed by atoms with Crippen molar-refractivity contribution in [1.82, 2.24) is 4.57 Å². The Hall–Kier alpha value is -2.10. The maximum atomic E-state index is 5.45. The van der Waals surface area contributed by atoms with Crippen molar-refractivity contribution in [1.29, 1.82) is 0 Å². The van der Waals surface area contributed by atoms with Gasteiger partial charge in [-0.2, -0.15) is 0 Å². The number of methoxy groups -OCH3 is 1. The molecule has 120 valence electrons. The molecule has 0 unspecified atom stereocenters. The number of nitrogens with zero attached hydrogens (tertiary/aromatic N) is 3. The number of benzene rings is 1. The molecule has 0 atom stereocenters. The predicted octanol–water partition coefficient (Wildman–Crippen LogP) is 3.72. The lowest BCUT2D eigenvalue weighted by molar-refractivity contribution is -0.672. The summed E-state index contributed by atoms with van der Waals surface area (Å²) in [6.07, 6.45) is 3.96. The number of aliphatic imine (C=N–C) groups is 1. The van der Waals surface area contributed by atoms with Crippen LogP contribution in [0.4, 0.5) is 5.69 Å². The number of aryl methyl sites for hydroxylation is 2. The first-order chi connectivity index (χ1) is 10.5. The Morgan fingerprint density at radius 1 is 1.18 bits per heavy atom. The molecule has 0 spiro atoms. The lowest BCUT2D eigenvalue weighted by atomic mass is 10.0. The zero-order valence-electron chi connectivity index (χ0n) is 14.8. The van der Waals surface area contributed by atoms with Crippen molar-refractivity contribution in [2.24, 2.45) is 19.1 Å². The molecule has 0 N–H and O–H groups in total. The van der Waals surface area contributed by atoms with E-state index in [0.29, 0.717) is 11.8 Å². The van der Waals surface area contributed by atoms with E-state index >= 15 is 0 Å². The largest absolute Gasteiger partial charge is 0.475 e. The van der Waals surface area contributed by atoms with Crippen molar-refractivity contribution >= 4 is 11.6 Å². The summed E-state index contributed by atoms with van der Waals surface area (Å²) in [6.45, 7) is 8.37. The van der Waals surface area contributed by atoms with Gasteiger partial charge in [0.2, 0.25) is 0 Å². The SMILES string of the molecule is CC.COC(=Nc1ccc(C(C)C)cc1)c1n(C)cc[n+]1C. The van der Waals surface area contributed by atoms with Gasteiger partial charge in [-0.15, -0.1) is 0 Å². The standard InChI is InChI=1S/C16H22N3O.C2H6/c1-12(2)13-6-8-14(9-7-13)17-15(20-5)16-18(3)10-11-19(16)4;1-2/h6-12H,1-5H3;1-2H3/q+1;. The van der Waals surface area contributed by atoms with Gasteiger partial charge in [0.15, 0.2) is 0 Å². The van der Waals surface area contributed by atoms with E-state index in [1.54, 1.807) is 7.11 Å². The zero-order chi connectivity index (χ0) is 16.7. The third-order valence-corrected chi connectivity index (χ3v) is 3.36. The first-order valence-corrected chi connectivity index (χ1v) is 7.77. The quantitative estimate of drug-likeness (QED) is 0.483. The molecular weight excluding hydrogens is 274 g/mol. The lowest BCUT2D eigenvalue weighted by Gasteiger charge is -2.06. The fraction of sp³-hybridized carbons (Fsp3) is 0.444. The first-order valence-electron chi connectivity index (χ1n) is 7.77. The van der Waals surface area contributed by atoms with Crippen LogP contribution in [0, 0.1) is 0 Å². The maximum Gasteiger partial charge on any atom is 0.344 e. The van der Waals surface area contributed by atoms with Gasteiger partial charge in [-0.25, -0.2) is 14.1 Å². The second-order valence-electron chi connectivity index (χ2n) is 5.21. The average molecular weight is 302 g/mol. The van der Waals surface area contributed by atoms with Crippen molar-refractivity contribution in [3.05, 3.63) is 48.0 Å².